The van der Waals surface area contributed by atoms with Gasteiger partial charge in [0.1, 0.15) is 17.6 Å². The van der Waals surface area contributed by atoms with E-state index in [4.69, 9.17) is 4.74 Å². The zero-order valence-corrected chi connectivity index (χ0v) is 21.1. The summed E-state index contributed by atoms with van der Waals surface area (Å²) in [5.74, 6) is 2.50. The third-order valence-electron chi connectivity index (χ3n) is 9.71. The number of aromatic hydroxyl groups is 1. The van der Waals surface area contributed by atoms with Gasteiger partial charge in [-0.2, -0.15) is 4.31 Å². The molecule has 0 aromatic heterocycles. The summed E-state index contributed by atoms with van der Waals surface area (Å²) in [6.07, 6.45) is 6.11. The van der Waals surface area contributed by atoms with Crippen LogP contribution < -0.4 is 4.74 Å². The number of rotatable bonds is 6. The lowest BCUT2D eigenvalue weighted by Crippen LogP contribution is -2.69. The summed E-state index contributed by atoms with van der Waals surface area (Å²) >= 11 is 0. The second kappa shape index (κ2) is 7.70. The summed E-state index contributed by atoms with van der Waals surface area (Å²) in [6, 6.07) is 13.3. The Morgan fingerprint density at radius 1 is 1.11 bits per heavy atom. The van der Waals surface area contributed by atoms with Crippen molar-refractivity contribution in [2.75, 3.05) is 20.1 Å². The maximum absolute atomic E-state index is 13.6. The van der Waals surface area contributed by atoms with E-state index in [1.165, 1.54) is 18.4 Å². The van der Waals surface area contributed by atoms with Crippen LogP contribution in [0.25, 0.3) is 0 Å². The average Bonchev–Trinajstić information content (AvgIpc) is 3.60. The number of phenols is 1. The molecule has 1 spiro atoms. The van der Waals surface area contributed by atoms with Crippen molar-refractivity contribution < 1.29 is 18.3 Å². The van der Waals surface area contributed by atoms with E-state index in [1.807, 2.05) is 36.4 Å². The van der Waals surface area contributed by atoms with E-state index in [0.717, 1.165) is 61.6 Å². The van der Waals surface area contributed by atoms with E-state index in [0.29, 0.717) is 17.7 Å². The summed E-state index contributed by atoms with van der Waals surface area (Å²) in [5, 5.41) is 10.9. The fraction of sp³-hybridized carbons (Fsp3) is 0.571. The van der Waals surface area contributed by atoms with E-state index in [-0.39, 0.29) is 23.3 Å². The van der Waals surface area contributed by atoms with Crippen molar-refractivity contribution in [3.05, 3.63) is 59.2 Å². The van der Waals surface area contributed by atoms with Gasteiger partial charge in [0.15, 0.2) is 0 Å². The first-order chi connectivity index (χ1) is 16.9. The maximum Gasteiger partial charge on any atom is 0.218 e. The summed E-state index contributed by atoms with van der Waals surface area (Å²) in [6.45, 7) is 2.19. The summed E-state index contributed by atoms with van der Waals surface area (Å²) < 4.78 is 35.4. The molecule has 5 aliphatic rings. The van der Waals surface area contributed by atoms with Crippen LogP contribution in [0.3, 0.4) is 0 Å². The first kappa shape index (κ1) is 22.1. The number of benzene rings is 2. The summed E-state index contributed by atoms with van der Waals surface area (Å²) in [7, 11) is -1.77. The van der Waals surface area contributed by atoms with Gasteiger partial charge in [-0.15, -0.1) is 0 Å². The molecule has 186 valence electrons. The molecule has 6 nitrogen and oxygen atoms in total. The van der Waals surface area contributed by atoms with E-state index >= 15 is 0 Å². The number of sulfonamides is 1. The number of likely N-dealkylation sites (N-methyl/N-ethyl adjacent to an activating group) is 1. The van der Waals surface area contributed by atoms with Crippen molar-refractivity contribution >= 4 is 10.0 Å². The van der Waals surface area contributed by atoms with Gasteiger partial charge in [-0.1, -0.05) is 30.3 Å². The van der Waals surface area contributed by atoms with Crippen molar-refractivity contribution in [2.45, 2.75) is 67.9 Å². The highest BCUT2D eigenvalue weighted by Gasteiger charge is 2.66. The fourth-order valence-corrected chi connectivity index (χ4v) is 9.38. The molecule has 2 heterocycles. The molecule has 7 heteroatoms. The molecule has 0 amide bonds. The summed E-state index contributed by atoms with van der Waals surface area (Å²) in [4.78, 5) is 2.69. The van der Waals surface area contributed by atoms with Gasteiger partial charge >= 0.3 is 0 Å². The second-order valence-electron chi connectivity index (χ2n) is 11.5. The van der Waals surface area contributed by atoms with Gasteiger partial charge in [0.05, 0.1) is 11.8 Å². The van der Waals surface area contributed by atoms with E-state index in [2.05, 4.69) is 4.90 Å². The van der Waals surface area contributed by atoms with Crippen LogP contribution in [0, 0.1) is 11.8 Å². The van der Waals surface area contributed by atoms with Crippen molar-refractivity contribution in [3.8, 4) is 11.5 Å². The Kier molecular flexibility index (Phi) is 4.87. The quantitative estimate of drug-likeness (QED) is 0.664. The molecule has 1 N–H and O–H groups in total. The molecule has 5 atom stereocenters. The number of hydrogen-bond donors (Lipinski definition) is 1. The zero-order valence-electron chi connectivity index (χ0n) is 20.3. The molecule has 35 heavy (non-hydrogen) atoms. The molecule has 2 aromatic rings. The largest absolute Gasteiger partial charge is 0.508 e. The third-order valence-corrected chi connectivity index (χ3v) is 11.6. The van der Waals surface area contributed by atoms with Crippen LogP contribution in [-0.4, -0.2) is 61.1 Å². The van der Waals surface area contributed by atoms with Crippen LogP contribution in [0.15, 0.2) is 42.5 Å². The lowest BCUT2D eigenvalue weighted by Gasteiger charge is -2.60. The lowest BCUT2D eigenvalue weighted by atomic mass is 9.51. The lowest BCUT2D eigenvalue weighted by molar-refractivity contribution is -0.0753. The molecule has 3 fully saturated rings. The highest BCUT2D eigenvalue weighted by Crippen LogP contribution is 2.64. The Labute approximate surface area is 207 Å². The Morgan fingerprint density at radius 2 is 1.91 bits per heavy atom. The van der Waals surface area contributed by atoms with Crippen LogP contribution >= 0.6 is 0 Å². The van der Waals surface area contributed by atoms with E-state index in [9.17, 15) is 13.5 Å². The number of phenolic OH excluding ortho intramolecular Hbond substituents is 1. The van der Waals surface area contributed by atoms with E-state index in [1.54, 1.807) is 17.4 Å². The summed E-state index contributed by atoms with van der Waals surface area (Å²) in [5.41, 5.74) is 2.82. The van der Waals surface area contributed by atoms with Gasteiger partial charge in [-0.3, -0.25) is 4.90 Å². The van der Waals surface area contributed by atoms with Gasteiger partial charge in [-0.05, 0) is 74.6 Å². The van der Waals surface area contributed by atoms with Crippen LogP contribution in [0.1, 0.15) is 48.8 Å². The fourth-order valence-electron chi connectivity index (χ4n) is 7.93. The van der Waals surface area contributed by atoms with Gasteiger partial charge < -0.3 is 9.84 Å². The molecular weight excluding hydrogens is 460 g/mol. The van der Waals surface area contributed by atoms with Crippen molar-refractivity contribution in [1.29, 1.82) is 0 Å². The number of ether oxygens (including phenoxy) is 1. The standard InChI is InChI=1S/C28H34N2O4S/c1-29(35(32,33)17-19-5-3-2-4-6-19)22-10-9-21-23-15-20-24(31)11-12-25-26(20)28(21,27(22)34-25)13-14-30(23)16-18-7-8-18/h2-6,11-12,18,21-23,27,31H,7-10,13-17H2,1H3/t21-,22+,23+,27-,28-/m0/s1. The molecule has 7 rings (SSSR count). The normalized spacial score (nSPS) is 33.4. The molecule has 0 radical (unpaired) electrons. The van der Waals surface area contributed by atoms with Crippen LogP contribution in [0.4, 0.5) is 0 Å². The molecule has 2 bridgehead atoms. The number of hydrogen-bond acceptors (Lipinski definition) is 5. The molecule has 2 aromatic carbocycles. The van der Waals surface area contributed by atoms with Gasteiger partial charge in [0.25, 0.3) is 0 Å². The highest BCUT2D eigenvalue weighted by atomic mass is 32.2. The highest BCUT2D eigenvalue weighted by molar-refractivity contribution is 7.88. The van der Waals surface area contributed by atoms with Crippen molar-refractivity contribution in [3.63, 3.8) is 0 Å². The topological polar surface area (TPSA) is 70.1 Å². The minimum absolute atomic E-state index is 0.000760. The maximum atomic E-state index is 13.6. The number of likely N-dealkylation sites (tertiary alicyclic amines) is 1. The Bertz CT molecular complexity index is 1260. The van der Waals surface area contributed by atoms with Crippen LogP contribution in [0.5, 0.6) is 11.5 Å². The molecule has 3 aliphatic carbocycles. The Balaban J connectivity index is 1.27. The van der Waals surface area contributed by atoms with E-state index < -0.39 is 10.0 Å². The smallest absolute Gasteiger partial charge is 0.218 e. The predicted molar refractivity (Wildman–Crippen MR) is 134 cm³/mol. The number of piperidine rings is 1. The monoisotopic (exact) mass is 494 g/mol. The van der Waals surface area contributed by atoms with Crippen LogP contribution in [-0.2, 0) is 27.6 Å². The van der Waals surface area contributed by atoms with Gasteiger partial charge in [0.2, 0.25) is 10.0 Å². The molecule has 1 saturated heterocycles. The molecule has 0 unspecified atom stereocenters. The predicted octanol–water partition coefficient (Wildman–Crippen LogP) is 3.67. The third kappa shape index (κ3) is 3.24. The Hall–Kier alpha value is -2.09. The molecule has 2 aliphatic heterocycles. The molecule has 2 saturated carbocycles. The second-order valence-corrected chi connectivity index (χ2v) is 13.5. The Morgan fingerprint density at radius 3 is 2.69 bits per heavy atom. The van der Waals surface area contributed by atoms with Crippen molar-refractivity contribution in [1.82, 2.24) is 9.21 Å². The minimum atomic E-state index is -3.51. The zero-order chi connectivity index (χ0) is 23.9. The number of nitrogens with zero attached hydrogens (tertiary/aromatic N) is 2. The van der Waals surface area contributed by atoms with Gasteiger partial charge in [-0.25, -0.2) is 8.42 Å². The van der Waals surface area contributed by atoms with Crippen LogP contribution in [0.2, 0.25) is 0 Å². The van der Waals surface area contributed by atoms with Gasteiger partial charge in [0, 0.05) is 36.2 Å². The SMILES string of the molecule is CN([C@@H]1CC[C@H]2[C@H]3Cc4c(O)ccc5c4[C@@]2(CCN3CC2CC2)[C@H]1O5)S(=O)(=O)Cc1ccccc1. The average molecular weight is 495 g/mol. The molecular formula is C28H34N2O4S. The minimum Gasteiger partial charge on any atom is -0.508 e. The first-order valence-electron chi connectivity index (χ1n) is 13.1. The van der Waals surface area contributed by atoms with Crippen molar-refractivity contribution in [2.24, 2.45) is 11.8 Å². The first-order valence-corrected chi connectivity index (χ1v) is 14.7.